The molecule has 0 saturated carbocycles. The molecule has 0 atom stereocenters. The fourth-order valence-corrected chi connectivity index (χ4v) is 6.35. The second-order valence-corrected chi connectivity index (χ2v) is 11.6. The molecule has 1 heterocycles. The number of carbonyl (C=O) groups is 1. The Labute approximate surface area is 197 Å². The topological polar surface area (TPSA) is 66.5 Å². The molecule has 0 unspecified atom stereocenters. The minimum absolute atomic E-state index is 0.0577. The van der Waals surface area contributed by atoms with Crippen LogP contribution in [0.4, 0.5) is 0 Å². The van der Waals surface area contributed by atoms with E-state index in [2.05, 4.69) is 36.5 Å². The molecule has 1 amide bonds. The van der Waals surface area contributed by atoms with Gasteiger partial charge in [0, 0.05) is 37.1 Å². The molecule has 1 aliphatic rings. The molecular weight excluding hydrogens is 440 g/mol. The molecule has 2 aromatic rings. The third kappa shape index (κ3) is 7.94. The molecule has 1 aliphatic heterocycles. The zero-order valence-electron chi connectivity index (χ0n) is 18.8. The van der Waals surface area contributed by atoms with Gasteiger partial charge in [-0.2, -0.15) is 11.8 Å². The van der Waals surface area contributed by atoms with Crippen molar-refractivity contribution in [2.45, 2.75) is 38.4 Å². The Kier molecular flexibility index (Phi) is 9.63. The highest BCUT2D eigenvalue weighted by Gasteiger charge is 2.30. The summed E-state index contributed by atoms with van der Waals surface area (Å²) < 4.78 is 26.9. The highest BCUT2D eigenvalue weighted by molar-refractivity contribution is 7.98. The predicted molar refractivity (Wildman–Crippen MR) is 133 cm³/mol. The molecule has 2 aromatic carbocycles. The number of thioether (sulfide) groups is 1. The Bertz CT molecular complexity index is 956. The van der Waals surface area contributed by atoms with Gasteiger partial charge in [-0.05, 0) is 43.7 Å². The summed E-state index contributed by atoms with van der Waals surface area (Å²) in [6.45, 7) is 3.62. The van der Waals surface area contributed by atoms with Gasteiger partial charge in [-0.1, -0.05) is 60.2 Å². The highest BCUT2D eigenvalue weighted by atomic mass is 32.2. The van der Waals surface area contributed by atoms with Crippen molar-refractivity contribution in [2.75, 3.05) is 31.1 Å². The summed E-state index contributed by atoms with van der Waals surface area (Å²) in [5, 5.41) is 3.03. The molecule has 1 N–H and O–H groups in total. The minimum atomic E-state index is -3.26. The largest absolute Gasteiger partial charge is 0.355 e. The van der Waals surface area contributed by atoms with Crippen molar-refractivity contribution in [3.8, 4) is 0 Å². The van der Waals surface area contributed by atoms with Crippen molar-refractivity contribution in [2.24, 2.45) is 5.92 Å². The number of benzene rings is 2. The summed E-state index contributed by atoms with van der Waals surface area (Å²) in [7, 11) is -3.26. The van der Waals surface area contributed by atoms with E-state index < -0.39 is 10.0 Å². The van der Waals surface area contributed by atoms with Crippen molar-refractivity contribution in [3.63, 3.8) is 0 Å². The Hall–Kier alpha value is -1.83. The molecule has 0 aliphatic carbocycles. The van der Waals surface area contributed by atoms with Gasteiger partial charge in [0.05, 0.1) is 5.75 Å². The maximum atomic E-state index is 12.7. The van der Waals surface area contributed by atoms with Crippen LogP contribution in [0.5, 0.6) is 0 Å². The first-order valence-corrected chi connectivity index (χ1v) is 14.1. The van der Waals surface area contributed by atoms with Gasteiger partial charge in [0.15, 0.2) is 0 Å². The van der Waals surface area contributed by atoms with Gasteiger partial charge >= 0.3 is 0 Å². The lowest BCUT2D eigenvalue weighted by atomic mass is 9.97. The van der Waals surface area contributed by atoms with E-state index in [-0.39, 0.29) is 17.6 Å². The number of piperidine rings is 1. The smallest absolute Gasteiger partial charge is 0.223 e. The Morgan fingerprint density at radius 2 is 1.78 bits per heavy atom. The number of sulfonamides is 1. The van der Waals surface area contributed by atoms with E-state index in [1.807, 2.05) is 42.1 Å². The number of rotatable bonds is 11. The van der Waals surface area contributed by atoms with Crippen LogP contribution in [0.15, 0.2) is 54.6 Å². The fraction of sp³-hybridized carbons (Fsp3) is 0.480. The number of amides is 1. The van der Waals surface area contributed by atoms with Crippen molar-refractivity contribution in [3.05, 3.63) is 71.3 Å². The van der Waals surface area contributed by atoms with Gasteiger partial charge in [-0.3, -0.25) is 4.79 Å². The third-order valence-corrected chi connectivity index (χ3v) is 8.81. The first kappa shape index (κ1) is 24.8. The van der Waals surface area contributed by atoms with Gasteiger partial charge in [0.1, 0.15) is 0 Å². The zero-order valence-corrected chi connectivity index (χ0v) is 20.5. The second kappa shape index (κ2) is 12.4. The van der Waals surface area contributed by atoms with Crippen LogP contribution in [-0.4, -0.2) is 49.8 Å². The summed E-state index contributed by atoms with van der Waals surface area (Å²) in [4.78, 5) is 12.5. The predicted octanol–water partition coefficient (Wildman–Crippen LogP) is 4.02. The molecule has 32 heavy (non-hydrogen) atoms. The van der Waals surface area contributed by atoms with Gasteiger partial charge in [0.25, 0.3) is 0 Å². The molecule has 1 fully saturated rings. The van der Waals surface area contributed by atoms with E-state index in [4.69, 9.17) is 0 Å². The van der Waals surface area contributed by atoms with Crippen LogP contribution in [0, 0.1) is 12.8 Å². The number of aryl methyl sites for hydroxylation is 2. The second-order valence-electron chi connectivity index (χ2n) is 8.41. The van der Waals surface area contributed by atoms with Crippen LogP contribution in [-0.2, 0) is 27.0 Å². The molecular formula is C25H34N2O3S2. The molecule has 0 bridgehead atoms. The van der Waals surface area contributed by atoms with Crippen LogP contribution < -0.4 is 5.32 Å². The highest BCUT2D eigenvalue weighted by Crippen LogP contribution is 2.21. The molecule has 0 radical (unpaired) electrons. The van der Waals surface area contributed by atoms with Gasteiger partial charge in [-0.25, -0.2) is 12.7 Å². The van der Waals surface area contributed by atoms with Crippen LogP contribution in [0.3, 0.4) is 0 Å². The first-order chi connectivity index (χ1) is 15.4. The van der Waals surface area contributed by atoms with Crippen molar-refractivity contribution in [1.29, 1.82) is 0 Å². The van der Waals surface area contributed by atoms with Crippen molar-refractivity contribution < 1.29 is 13.2 Å². The molecule has 1 saturated heterocycles. The summed E-state index contributed by atoms with van der Waals surface area (Å²) in [6, 6.07) is 18.4. The number of nitrogens with zero attached hydrogens (tertiary/aromatic N) is 1. The van der Waals surface area contributed by atoms with E-state index >= 15 is 0 Å². The molecule has 3 rings (SSSR count). The lowest BCUT2D eigenvalue weighted by molar-refractivity contribution is -0.125. The van der Waals surface area contributed by atoms with Crippen molar-refractivity contribution >= 4 is 27.7 Å². The Morgan fingerprint density at radius 1 is 1.06 bits per heavy atom. The van der Waals surface area contributed by atoms with E-state index in [1.165, 1.54) is 11.1 Å². The van der Waals surface area contributed by atoms with Crippen LogP contribution in [0.2, 0.25) is 0 Å². The number of nitrogens with one attached hydrogen (secondary N) is 1. The maximum Gasteiger partial charge on any atom is 0.223 e. The van der Waals surface area contributed by atoms with Crippen LogP contribution in [0.25, 0.3) is 0 Å². The average molecular weight is 475 g/mol. The Morgan fingerprint density at radius 3 is 2.50 bits per heavy atom. The van der Waals surface area contributed by atoms with Gasteiger partial charge in [0.2, 0.25) is 15.9 Å². The summed E-state index contributed by atoms with van der Waals surface area (Å²) in [5.74, 6) is 1.94. The van der Waals surface area contributed by atoms with E-state index in [0.29, 0.717) is 38.9 Å². The summed E-state index contributed by atoms with van der Waals surface area (Å²) >= 11 is 1.81. The SMILES string of the molecule is Cc1cccc(CSCCNC(=O)C2CCN(S(=O)(=O)CCCc3ccccc3)CC2)c1. The molecule has 174 valence electrons. The lowest BCUT2D eigenvalue weighted by Crippen LogP contribution is -2.44. The summed E-state index contributed by atoms with van der Waals surface area (Å²) in [5.41, 5.74) is 3.73. The molecule has 7 heteroatoms. The van der Waals surface area contributed by atoms with E-state index in [1.54, 1.807) is 4.31 Å². The lowest BCUT2D eigenvalue weighted by Gasteiger charge is -2.30. The van der Waals surface area contributed by atoms with E-state index in [0.717, 1.165) is 23.5 Å². The average Bonchev–Trinajstić information content (AvgIpc) is 2.79. The summed E-state index contributed by atoms with van der Waals surface area (Å²) in [6.07, 6.45) is 2.58. The van der Waals surface area contributed by atoms with E-state index in [9.17, 15) is 13.2 Å². The molecule has 0 spiro atoms. The fourth-order valence-electron chi connectivity index (χ4n) is 4.01. The normalized spacial score (nSPS) is 15.5. The Balaban J connectivity index is 1.31. The third-order valence-electron chi connectivity index (χ3n) is 5.83. The van der Waals surface area contributed by atoms with Crippen LogP contribution in [0.1, 0.15) is 36.0 Å². The van der Waals surface area contributed by atoms with Gasteiger partial charge < -0.3 is 5.32 Å². The van der Waals surface area contributed by atoms with Gasteiger partial charge in [-0.15, -0.1) is 0 Å². The minimum Gasteiger partial charge on any atom is -0.355 e. The number of carbonyl (C=O) groups excluding carboxylic acids is 1. The first-order valence-electron chi connectivity index (χ1n) is 11.4. The zero-order chi connectivity index (χ0) is 22.8. The number of hydrogen-bond donors (Lipinski definition) is 1. The quantitative estimate of drug-likeness (QED) is 0.500. The standard InChI is InChI=1S/C25H34N2O3S2/c1-21-7-5-10-23(19-21)20-31-17-14-26-25(28)24-12-15-27(16-13-24)32(29,30)18-6-11-22-8-3-2-4-9-22/h2-5,7-10,19,24H,6,11-18,20H2,1H3,(H,26,28). The molecule has 5 nitrogen and oxygen atoms in total. The monoisotopic (exact) mass is 474 g/mol. The molecule has 0 aromatic heterocycles. The van der Waals surface area contributed by atoms with Crippen molar-refractivity contribution in [1.82, 2.24) is 9.62 Å². The maximum absolute atomic E-state index is 12.7. The number of hydrogen-bond acceptors (Lipinski definition) is 4. The van der Waals surface area contributed by atoms with Crippen LogP contribution >= 0.6 is 11.8 Å².